The highest BCUT2D eigenvalue weighted by Gasteiger charge is 2.24. The Morgan fingerprint density at radius 3 is 2.55 bits per heavy atom. The fourth-order valence-electron chi connectivity index (χ4n) is 0.409. The molecule has 0 amide bonds. The number of hydrogen-bond donors (Lipinski definition) is 1. The van der Waals surface area contributed by atoms with Crippen molar-refractivity contribution in [2.75, 3.05) is 6.61 Å². The van der Waals surface area contributed by atoms with Gasteiger partial charge in [-0.25, -0.2) is 0 Å². The van der Waals surface area contributed by atoms with Gasteiger partial charge in [0.15, 0.2) is 5.12 Å². The second kappa shape index (κ2) is 4.95. The molecule has 0 aliphatic heterocycles. The van der Waals surface area contributed by atoms with Crippen molar-refractivity contribution in [3.05, 3.63) is 0 Å². The van der Waals surface area contributed by atoms with E-state index in [4.69, 9.17) is 4.43 Å². The van der Waals surface area contributed by atoms with E-state index in [1.54, 1.807) is 0 Å². The molecule has 0 spiro atoms. The van der Waals surface area contributed by atoms with Crippen LogP contribution in [-0.4, -0.2) is 21.5 Å². The quantitative estimate of drug-likeness (QED) is 0.404. The molecule has 2 radical (unpaired) electrons. The molecule has 0 atom stereocenters. The maximum absolute atomic E-state index is 10.9. The highest BCUT2D eigenvalue weighted by atomic mass is 32.1. The van der Waals surface area contributed by atoms with Crippen LogP contribution < -0.4 is 0 Å². The third-order valence-corrected chi connectivity index (χ3v) is 3.47. The Kier molecular flexibility index (Phi) is 5.04. The predicted octanol–water partition coefficient (Wildman–Crippen LogP) is 1.54. The first kappa shape index (κ1) is 11.2. The summed E-state index contributed by atoms with van der Waals surface area (Å²) in [6, 6.07) is 0.767. The van der Waals surface area contributed by atoms with Gasteiger partial charge in [-0.3, -0.25) is 4.79 Å². The Bertz CT molecular complexity index is 136. The summed E-state index contributed by atoms with van der Waals surface area (Å²) in [5, 5.41) is -0.0651. The van der Waals surface area contributed by atoms with E-state index in [0.717, 1.165) is 12.7 Å². The molecule has 0 rings (SSSR count). The summed E-state index contributed by atoms with van der Waals surface area (Å²) >= 11 is 3.79. The molecule has 0 unspecified atom stereocenters. The number of carbonyl (C=O) groups is 1. The van der Waals surface area contributed by atoms with Crippen molar-refractivity contribution in [3.63, 3.8) is 0 Å². The average molecular weight is 190 g/mol. The average Bonchev–Trinajstić information content (AvgIpc) is 1.88. The van der Waals surface area contributed by atoms with E-state index < -0.39 is 0 Å². The fourth-order valence-corrected chi connectivity index (χ4v) is 1.46. The third-order valence-electron chi connectivity index (χ3n) is 1.34. The van der Waals surface area contributed by atoms with Crippen molar-refractivity contribution in [1.29, 1.82) is 0 Å². The molecule has 2 nitrogen and oxygen atoms in total. The van der Waals surface area contributed by atoms with Crippen LogP contribution in [0.4, 0.5) is 0 Å². The van der Waals surface area contributed by atoms with Crippen LogP contribution in [-0.2, 0) is 9.22 Å². The molecule has 0 aromatic rings. The summed E-state index contributed by atoms with van der Waals surface area (Å²) in [6.45, 7) is 6.43. The largest absolute Gasteiger partial charge is 0.418 e. The van der Waals surface area contributed by atoms with Gasteiger partial charge in [-0.1, -0.05) is 13.8 Å². The van der Waals surface area contributed by atoms with Crippen LogP contribution in [0.3, 0.4) is 0 Å². The molecule has 0 aliphatic carbocycles. The van der Waals surface area contributed by atoms with E-state index >= 15 is 0 Å². The molecule has 0 saturated heterocycles. The molecule has 0 aliphatic rings. The lowest BCUT2D eigenvalue weighted by Crippen LogP contribution is -2.22. The smallest absolute Gasteiger partial charge is 0.230 e. The SMILES string of the molecule is CCO[Si]CC(C)(C)C(=O)S. The number of carbonyl (C=O) groups excluding carboxylic acids is 1. The number of thiol groups is 1. The molecule has 0 aromatic heterocycles. The molecule has 0 bridgehead atoms. The van der Waals surface area contributed by atoms with E-state index in [-0.39, 0.29) is 10.5 Å². The maximum Gasteiger partial charge on any atom is 0.230 e. The molecule has 11 heavy (non-hydrogen) atoms. The van der Waals surface area contributed by atoms with Crippen LogP contribution in [0, 0.1) is 5.41 Å². The number of hydrogen-bond acceptors (Lipinski definition) is 2. The molecular formula is C7H14O2SSi. The lowest BCUT2D eigenvalue weighted by molar-refractivity contribution is -0.117. The summed E-state index contributed by atoms with van der Waals surface area (Å²) < 4.78 is 5.16. The Morgan fingerprint density at radius 2 is 2.18 bits per heavy atom. The van der Waals surface area contributed by atoms with Gasteiger partial charge in [-0.05, 0) is 13.0 Å². The van der Waals surface area contributed by atoms with Crippen LogP contribution in [0.5, 0.6) is 0 Å². The van der Waals surface area contributed by atoms with Crippen LogP contribution in [0.25, 0.3) is 0 Å². The minimum Gasteiger partial charge on any atom is -0.418 e. The molecule has 0 fully saturated rings. The van der Waals surface area contributed by atoms with Crippen molar-refractivity contribution >= 4 is 27.5 Å². The second-order valence-corrected chi connectivity index (χ2v) is 4.28. The minimum atomic E-state index is -0.337. The van der Waals surface area contributed by atoms with Gasteiger partial charge in [0.2, 0.25) is 9.76 Å². The summed E-state index contributed by atoms with van der Waals surface area (Å²) in [7, 11) is 0.407. The van der Waals surface area contributed by atoms with Crippen LogP contribution in [0.1, 0.15) is 20.8 Å². The maximum atomic E-state index is 10.9. The van der Waals surface area contributed by atoms with Gasteiger partial charge in [0.1, 0.15) is 0 Å². The Balaban J connectivity index is 3.64. The third kappa shape index (κ3) is 4.61. The lowest BCUT2D eigenvalue weighted by Gasteiger charge is -2.18. The van der Waals surface area contributed by atoms with E-state index in [9.17, 15) is 4.79 Å². The molecule has 0 heterocycles. The first-order chi connectivity index (χ1) is 5.00. The van der Waals surface area contributed by atoms with Crippen molar-refractivity contribution in [2.45, 2.75) is 26.8 Å². The summed E-state index contributed by atoms with van der Waals surface area (Å²) in [5.74, 6) is 0. The topological polar surface area (TPSA) is 26.3 Å². The standard InChI is InChI=1S/C7H14O2SSi/c1-4-9-11-5-7(2,3)6(8)10/h4-5H2,1-3H3,(H,8,10). The van der Waals surface area contributed by atoms with Crippen LogP contribution in [0.2, 0.25) is 6.04 Å². The summed E-state index contributed by atoms with van der Waals surface area (Å²) in [5.41, 5.74) is -0.337. The summed E-state index contributed by atoms with van der Waals surface area (Å²) in [4.78, 5) is 10.9. The monoisotopic (exact) mass is 190 g/mol. The van der Waals surface area contributed by atoms with Gasteiger partial charge in [-0.2, -0.15) is 0 Å². The predicted molar refractivity (Wildman–Crippen MR) is 50.0 cm³/mol. The van der Waals surface area contributed by atoms with Crippen molar-refractivity contribution in [2.24, 2.45) is 5.41 Å². The first-order valence-electron chi connectivity index (χ1n) is 3.58. The molecular weight excluding hydrogens is 176 g/mol. The molecule has 0 saturated carbocycles. The zero-order chi connectivity index (χ0) is 8.91. The molecule has 0 aromatic carbocycles. The van der Waals surface area contributed by atoms with Crippen LogP contribution >= 0.6 is 12.6 Å². The van der Waals surface area contributed by atoms with E-state index in [1.165, 1.54) is 0 Å². The van der Waals surface area contributed by atoms with Gasteiger partial charge in [0, 0.05) is 12.0 Å². The Morgan fingerprint density at radius 1 is 1.64 bits per heavy atom. The Hall–Kier alpha value is 0.197. The van der Waals surface area contributed by atoms with E-state index in [0.29, 0.717) is 9.76 Å². The molecule has 4 heteroatoms. The molecule has 64 valence electrons. The Labute approximate surface area is 76.1 Å². The van der Waals surface area contributed by atoms with E-state index in [1.807, 2.05) is 20.8 Å². The minimum absolute atomic E-state index is 0.0651. The second-order valence-electron chi connectivity index (χ2n) is 2.94. The summed E-state index contributed by atoms with van der Waals surface area (Å²) in [6.07, 6.45) is 0. The van der Waals surface area contributed by atoms with Crippen molar-refractivity contribution in [1.82, 2.24) is 0 Å². The lowest BCUT2D eigenvalue weighted by atomic mass is 9.99. The van der Waals surface area contributed by atoms with Gasteiger partial charge in [0.05, 0.1) is 0 Å². The van der Waals surface area contributed by atoms with Gasteiger partial charge in [-0.15, -0.1) is 12.6 Å². The fraction of sp³-hybridized carbons (Fsp3) is 0.857. The van der Waals surface area contributed by atoms with Crippen molar-refractivity contribution in [3.8, 4) is 0 Å². The van der Waals surface area contributed by atoms with Crippen LogP contribution in [0.15, 0.2) is 0 Å². The number of rotatable bonds is 5. The normalized spacial score (nSPS) is 11.6. The van der Waals surface area contributed by atoms with Crippen molar-refractivity contribution < 1.29 is 9.22 Å². The first-order valence-corrected chi connectivity index (χ1v) is 5.15. The highest BCUT2D eigenvalue weighted by molar-refractivity contribution is 7.96. The highest BCUT2D eigenvalue weighted by Crippen LogP contribution is 2.23. The molecule has 0 N–H and O–H groups in total. The zero-order valence-electron chi connectivity index (χ0n) is 7.18. The zero-order valence-corrected chi connectivity index (χ0v) is 9.07. The van der Waals surface area contributed by atoms with E-state index in [2.05, 4.69) is 12.6 Å². The van der Waals surface area contributed by atoms with Gasteiger partial charge in [0.25, 0.3) is 0 Å². The van der Waals surface area contributed by atoms with Gasteiger partial charge >= 0.3 is 0 Å². The van der Waals surface area contributed by atoms with Gasteiger partial charge < -0.3 is 4.43 Å².